The van der Waals surface area contributed by atoms with Crippen molar-refractivity contribution >= 4 is 17.7 Å². The molecule has 1 atom stereocenters. The topological polar surface area (TPSA) is 87.3 Å². The summed E-state index contributed by atoms with van der Waals surface area (Å²) in [5, 5.41) is 2.58. The predicted molar refractivity (Wildman–Crippen MR) is 104 cm³/mol. The molecule has 27 heavy (non-hydrogen) atoms. The van der Waals surface area contributed by atoms with Gasteiger partial charge in [0.1, 0.15) is 6.04 Å². The number of hydrogen-bond donors (Lipinski definition) is 3. The van der Waals surface area contributed by atoms with Gasteiger partial charge in [-0.1, -0.05) is 51.1 Å². The maximum atomic E-state index is 12.2. The highest BCUT2D eigenvalue weighted by Gasteiger charge is 2.18. The molecule has 0 heterocycles. The van der Waals surface area contributed by atoms with E-state index in [-0.39, 0.29) is 11.3 Å². The maximum absolute atomic E-state index is 12.2. The van der Waals surface area contributed by atoms with Gasteiger partial charge in [0, 0.05) is 11.1 Å². The molecule has 0 aliphatic rings. The number of hydrogen-bond acceptors (Lipinski definition) is 3. The minimum Gasteiger partial charge on any atom is -0.340 e. The summed E-state index contributed by atoms with van der Waals surface area (Å²) in [6.07, 6.45) is 0. The smallest absolute Gasteiger partial charge is 0.269 e. The van der Waals surface area contributed by atoms with Crippen molar-refractivity contribution < 1.29 is 14.4 Å². The van der Waals surface area contributed by atoms with E-state index in [2.05, 4.69) is 36.9 Å². The molecule has 0 spiro atoms. The minimum atomic E-state index is -0.804. The van der Waals surface area contributed by atoms with Crippen LogP contribution in [0.15, 0.2) is 54.6 Å². The predicted octanol–water partition coefficient (Wildman–Crippen LogP) is 2.56. The highest BCUT2D eigenvalue weighted by atomic mass is 16.2. The van der Waals surface area contributed by atoms with Crippen molar-refractivity contribution in [1.29, 1.82) is 0 Å². The van der Waals surface area contributed by atoms with Gasteiger partial charge in [-0.2, -0.15) is 0 Å². The van der Waals surface area contributed by atoms with Gasteiger partial charge < -0.3 is 5.32 Å². The molecule has 1 unspecified atom stereocenters. The number of nitrogens with one attached hydrogen (secondary N) is 3. The van der Waals surface area contributed by atoms with E-state index >= 15 is 0 Å². The van der Waals surface area contributed by atoms with Crippen LogP contribution in [-0.4, -0.2) is 23.8 Å². The fraction of sp³-hybridized carbons (Fsp3) is 0.286. The summed E-state index contributed by atoms with van der Waals surface area (Å²) in [6, 6.07) is 15.0. The third-order valence-electron chi connectivity index (χ3n) is 4.09. The van der Waals surface area contributed by atoms with Crippen molar-refractivity contribution in [2.75, 3.05) is 0 Å². The quantitative estimate of drug-likeness (QED) is 0.726. The molecule has 0 saturated heterocycles. The number of benzene rings is 2. The summed E-state index contributed by atoms with van der Waals surface area (Å²) in [4.78, 5) is 36.3. The van der Waals surface area contributed by atoms with Crippen LogP contribution in [0.1, 0.15) is 54.0 Å². The Hall–Kier alpha value is -3.15. The largest absolute Gasteiger partial charge is 0.340 e. The van der Waals surface area contributed by atoms with E-state index in [1.165, 1.54) is 0 Å². The third-order valence-corrected chi connectivity index (χ3v) is 4.09. The SMILES string of the molecule is CC(NC(=O)c1ccccc1)C(=O)NNC(=O)c1ccc(C(C)(C)C)cc1. The van der Waals surface area contributed by atoms with Gasteiger partial charge in [-0.3, -0.25) is 25.2 Å². The monoisotopic (exact) mass is 367 g/mol. The first-order valence-corrected chi connectivity index (χ1v) is 8.75. The van der Waals surface area contributed by atoms with Crippen LogP contribution in [0.5, 0.6) is 0 Å². The zero-order valence-electron chi connectivity index (χ0n) is 16.0. The van der Waals surface area contributed by atoms with Crippen LogP contribution in [0.4, 0.5) is 0 Å². The average molecular weight is 367 g/mol. The van der Waals surface area contributed by atoms with Gasteiger partial charge in [-0.25, -0.2) is 0 Å². The van der Waals surface area contributed by atoms with E-state index in [0.717, 1.165) is 5.56 Å². The number of amides is 3. The van der Waals surface area contributed by atoms with Gasteiger partial charge in [0.2, 0.25) is 0 Å². The zero-order valence-corrected chi connectivity index (χ0v) is 16.0. The van der Waals surface area contributed by atoms with E-state index in [0.29, 0.717) is 11.1 Å². The molecule has 6 nitrogen and oxygen atoms in total. The molecule has 2 rings (SSSR count). The summed E-state index contributed by atoms with van der Waals surface area (Å²) >= 11 is 0. The Bertz CT molecular complexity index is 809. The van der Waals surface area contributed by atoms with Crippen LogP contribution in [0, 0.1) is 0 Å². The maximum Gasteiger partial charge on any atom is 0.269 e. The fourth-order valence-corrected chi connectivity index (χ4v) is 2.36. The first kappa shape index (κ1) is 20.2. The molecule has 0 bridgehead atoms. The number of carbonyl (C=O) groups is 3. The Morgan fingerprint density at radius 3 is 1.89 bits per heavy atom. The molecule has 3 amide bonds. The van der Waals surface area contributed by atoms with Gasteiger partial charge in [0.05, 0.1) is 0 Å². The Labute approximate surface area is 159 Å². The van der Waals surface area contributed by atoms with E-state index < -0.39 is 17.9 Å². The standard InChI is InChI=1S/C21H25N3O3/c1-14(22-19(26)15-8-6-5-7-9-15)18(25)23-24-20(27)16-10-12-17(13-11-16)21(2,3)4/h5-14H,1-4H3,(H,22,26)(H,23,25)(H,24,27). The van der Waals surface area contributed by atoms with E-state index in [1.807, 2.05) is 12.1 Å². The zero-order chi connectivity index (χ0) is 20.0. The van der Waals surface area contributed by atoms with E-state index in [9.17, 15) is 14.4 Å². The molecule has 0 aliphatic carbocycles. The third kappa shape index (κ3) is 5.67. The summed E-state index contributed by atoms with van der Waals surface area (Å²) in [7, 11) is 0. The van der Waals surface area contributed by atoms with Crippen LogP contribution >= 0.6 is 0 Å². The normalized spacial score (nSPS) is 12.0. The van der Waals surface area contributed by atoms with Crippen LogP contribution in [-0.2, 0) is 10.2 Å². The molecular formula is C21H25N3O3. The Morgan fingerprint density at radius 2 is 1.33 bits per heavy atom. The lowest BCUT2D eigenvalue weighted by Crippen LogP contribution is -2.51. The van der Waals surface area contributed by atoms with Crippen LogP contribution in [0.25, 0.3) is 0 Å². The number of rotatable bonds is 4. The van der Waals surface area contributed by atoms with Crippen LogP contribution in [0.2, 0.25) is 0 Å². The molecule has 0 aromatic heterocycles. The van der Waals surface area contributed by atoms with Gasteiger partial charge in [0.15, 0.2) is 0 Å². The molecule has 0 fully saturated rings. The Morgan fingerprint density at radius 1 is 0.778 bits per heavy atom. The summed E-state index contributed by atoms with van der Waals surface area (Å²) < 4.78 is 0. The second kappa shape index (κ2) is 8.49. The Balaban J connectivity index is 1.87. The van der Waals surface area contributed by atoms with E-state index in [4.69, 9.17) is 0 Å². The van der Waals surface area contributed by atoms with Crippen molar-refractivity contribution in [2.24, 2.45) is 0 Å². The summed E-state index contributed by atoms with van der Waals surface area (Å²) in [5.74, 6) is -1.30. The van der Waals surface area contributed by atoms with Crippen molar-refractivity contribution in [2.45, 2.75) is 39.2 Å². The molecule has 2 aromatic carbocycles. The molecule has 142 valence electrons. The number of hydrazine groups is 1. The van der Waals surface area contributed by atoms with E-state index in [1.54, 1.807) is 49.4 Å². The van der Waals surface area contributed by atoms with Gasteiger partial charge in [-0.05, 0) is 42.2 Å². The Kier molecular flexibility index (Phi) is 6.34. The molecule has 6 heteroatoms. The number of carbonyl (C=O) groups excluding carboxylic acids is 3. The highest BCUT2D eigenvalue weighted by Crippen LogP contribution is 2.22. The first-order valence-electron chi connectivity index (χ1n) is 8.75. The average Bonchev–Trinajstić information content (AvgIpc) is 2.65. The second-order valence-corrected chi connectivity index (χ2v) is 7.33. The van der Waals surface area contributed by atoms with Crippen molar-refractivity contribution in [3.05, 3.63) is 71.3 Å². The highest BCUT2D eigenvalue weighted by molar-refractivity contribution is 5.98. The van der Waals surface area contributed by atoms with Crippen molar-refractivity contribution in [1.82, 2.24) is 16.2 Å². The van der Waals surface area contributed by atoms with Gasteiger partial charge in [-0.15, -0.1) is 0 Å². The van der Waals surface area contributed by atoms with Crippen LogP contribution in [0.3, 0.4) is 0 Å². The summed E-state index contributed by atoms with van der Waals surface area (Å²) in [5.41, 5.74) is 6.69. The van der Waals surface area contributed by atoms with Crippen molar-refractivity contribution in [3.8, 4) is 0 Å². The van der Waals surface area contributed by atoms with Crippen molar-refractivity contribution in [3.63, 3.8) is 0 Å². The second-order valence-electron chi connectivity index (χ2n) is 7.33. The molecular weight excluding hydrogens is 342 g/mol. The van der Waals surface area contributed by atoms with Crippen LogP contribution < -0.4 is 16.2 Å². The van der Waals surface area contributed by atoms with Gasteiger partial charge in [0.25, 0.3) is 17.7 Å². The molecule has 0 radical (unpaired) electrons. The molecule has 0 aliphatic heterocycles. The summed E-state index contributed by atoms with van der Waals surface area (Å²) in [6.45, 7) is 7.81. The fourth-order valence-electron chi connectivity index (χ4n) is 2.36. The lowest BCUT2D eigenvalue weighted by molar-refractivity contribution is -0.123. The first-order chi connectivity index (χ1) is 12.7. The lowest BCUT2D eigenvalue weighted by atomic mass is 9.87. The molecule has 3 N–H and O–H groups in total. The molecule has 0 saturated carbocycles. The minimum absolute atomic E-state index is 0.00435. The lowest BCUT2D eigenvalue weighted by Gasteiger charge is -2.19. The van der Waals surface area contributed by atoms with Gasteiger partial charge >= 0.3 is 0 Å². The molecule has 2 aromatic rings.